The molecule has 0 aliphatic rings. The molecule has 16 heavy (non-hydrogen) atoms. The van der Waals surface area contributed by atoms with Crippen molar-refractivity contribution in [2.24, 2.45) is 0 Å². The normalized spacial score (nSPS) is 10.4. The Bertz CT molecular complexity index is 569. The average Bonchev–Trinajstić information content (AvgIpc) is 2.27. The van der Waals surface area contributed by atoms with Crippen LogP contribution in [0.25, 0.3) is 10.9 Å². The van der Waals surface area contributed by atoms with Gasteiger partial charge in [0.15, 0.2) is 5.69 Å². The van der Waals surface area contributed by atoms with Crippen LogP contribution >= 0.6 is 0 Å². The molecule has 5 heteroatoms. The molecular formula is C11H9FN2O2. The summed E-state index contributed by atoms with van der Waals surface area (Å²) >= 11 is 0. The number of benzene rings is 1. The van der Waals surface area contributed by atoms with E-state index in [1.165, 1.54) is 31.4 Å². The third-order valence-electron chi connectivity index (χ3n) is 2.19. The number of ether oxygens (including phenoxy) is 1. The van der Waals surface area contributed by atoms with Gasteiger partial charge in [-0.05, 0) is 24.3 Å². The van der Waals surface area contributed by atoms with Crippen molar-refractivity contribution in [1.29, 1.82) is 0 Å². The average molecular weight is 220 g/mol. The predicted molar refractivity (Wildman–Crippen MR) is 57.5 cm³/mol. The summed E-state index contributed by atoms with van der Waals surface area (Å²) in [6, 6.07) is 5.56. The van der Waals surface area contributed by atoms with Crippen molar-refractivity contribution in [3.63, 3.8) is 0 Å². The number of hydrogen-bond donors (Lipinski definition) is 1. The highest BCUT2D eigenvalue weighted by molar-refractivity contribution is 5.97. The van der Waals surface area contributed by atoms with Gasteiger partial charge in [-0.1, -0.05) is 0 Å². The van der Waals surface area contributed by atoms with Gasteiger partial charge >= 0.3 is 5.97 Å². The van der Waals surface area contributed by atoms with Crippen LogP contribution in [0, 0.1) is 5.82 Å². The molecule has 0 saturated carbocycles. The summed E-state index contributed by atoms with van der Waals surface area (Å²) < 4.78 is 17.5. The molecule has 0 aliphatic carbocycles. The number of nitrogens with two attached hydrogens (primary N) is 1. The molecule has 0 aliphatic heterocycles. The number of esters is 1. The number of carbonyl (C=O) groups excluding carboxylic acids is 1. The minimum absolute atomic E-state index is 0.0432. The molecule has 0 fully saturated rings. The van der Waals surface area contributed by atoms with Crippen LogP contribution in [0.5, 0.6) is 0 Å². The second kappa shape index (κ2) is 3.77. The quantitative estimate of drug-likeness (QED) is 0.743. The summed E-state index contributed by atoms with van der Waals surface area (Å²) in [5.41, 5.74) is 6.34. The number of nitrogens with zero attached hydrogens (tertiary/aromatic N) is 1. The minimum atomic E-state index is -0.608. The number of fused-ring (bicyclic) bond motifs is 1. The Morgan fingerprint density at radius 1 is 1.44 bits per heavy atom. The molecule has 0 bridgehead atoms. The van der Waals surface area contributed by atoms with E-state index in [0.717, 1.165) is 0 Å². The number of halogens is 1. The summed E-state index contributed by atoms with van der Waals surface area (Å²) in [6.45, 7) is 0. The lowest BCUT2D eigenvalue weighted by Gasteiger charge is -2.05. The monoisotopic (exact) mass is 220 g/mol. The zero-order valence-electron chi connectivity index (χ0n) is 8.53. The highest BCUT2D eigenvalue weighted by atomic mass is 19.1. The molecular weight excluding hydrogens is 211 g/mol. The lowest BCUT2D eigenvalue weighted by atomic mass is 10.1. The Morgan fingerprint density at radius 3 is 2.88 bits per heavy atom. The third-order valence-corrected chi connectivity index (χ3v) is 2.19. The van der Waals surface area contributed by atoms with Crippen LogP contribution in [0.4, 0.5) is 10.1 Å². The topological polar surface area (TPSA) is 65.2 Å². The van der Waals surface area contributed by atoms with Crippen LogP contribution in [0.2, 0.25) is 0 Å². The molecule has 1 aromatic heterocycles. The first-order valence-electron chi connectivity index (χ1n) is 4.56. The fourth-order valence-electron chi connectivity index (χ4n) is 1.42. The molecule has 0 unspecified atom stereocenters. The smallest absolute Gasteiger partial charge is 0.358 e. The Kier molecular flexibility index (Phi) is 2.44. The van der Waals surface area contributed by atoms with Crippen LogP contribution < -0.4 is 5.73 Å². The number of rotatable bonds is 1. The van der Waals surface area contributed by atoms with E-state index in [9.17, 15) is 9.18 Å². The van der Waals surface area contributed by atoms with Crippen molar-refractivity contribution < 1.29 is 13.9 Å². The van der Waals surface area contributed by atoms with Gasteiger partial charge in [-0.15, -0.1) is 0 Å². The van der Waals surface area contributed by atoms with Crippen LogP contribution in [0.3, 0.4) is 0 Å². The number of hydrogen-bond acceptors (Lipinski definition) is 4. The fraction of sp³-hybridized carbons (Fsp3) is 0.0909. The second-order valence-electron chi connectivity index (χ2n) is 3.25. The standard InChI is InChI=1S/C11H9FN2O2/c1-16-11(15)10-8(13)5-6-4-7(12)2-3-9(6)14-10/h2-5H,13H2,1H3. The summed E-state index contributed by atoms with van der Waals surface area (Å²) in [5.74, 6) is -0.983. The van der Waals surface area contributed by atoms with E-state index in [1.807, 2.05) is 0 Å². The maximum absolute atomic E-state index is 12.9. The number of aromatic nitrogens is 1. The van der Waals surface area contributed by atoms with Crippen molar-refractivity contribution in [3.8, 4) is 0 Å². The number of nitrogen functional groups attached to an aromatic ring is 1. The Hall–Kier alpha value is -2.17. The van der Waals surface area contributed by atoms with Gasteiger partial charge in [0.1, 0.15) is 5.82 Å². The van der Waals surface area contributed by atoms with Crippen molar-refractivity contribution >= 4 is 22.6 Å². The largest absolute Gasteiger partial charge is 0.464 e. The summed E-state index contributed by atoms with van der Waals surface area (Å²) in [4.78, 5) is 15.3. The van der Waals surface area contributed by atoms with Crippen LogP contribution in [0.1, 0.15) is 10.5 Å². The maximum atomic E-state index is 12.9. The van der Waals surface area contributed by atoms with Gasteiger partial charge < -0.3 is 10.5 Å². The van der Waals surface area contributed by atoms with E-state index in [2.05, 4.69) is 9.72 Å². The van der Waals surface area contributed by atoms with Crippen LogP contribution in [-0.2, 0) is 4.74 Å². The molecule has 1 aromatic carbocycles. The predicted octanol–water partition coefficient (Wildman–Crippen LogP) is 1.74. The lowest BCUT2D eigenvalue weighted by molar-refractivity contribution is 0.0596. The van der Waals surface area contributed by atoms with Gasteiger partial charge in [0.05, 0.1) is 18.3 Å². The van der Waals surface area contributed by atoms with E-state index >= 15 is 0 Å². The molecule has 0 atom stereocenters. The van der Waals surface area contributed by atoms with E-state index in [1.54, 1.807) is 0 Å². The van der Waals surface area contributed by atoms with Crippen molar-refractivity contribution in [2.45, 2.75) is 0 Å². The van der Waals surface area contributed by atoms with Gasteiger partial charge in [0.25, 0.3) is 0 Å². The number of pyridine rings is 1. The number of carbonyl (C=O) groups is 1. The zero-order valence-corrected chi connectivity index (χ0v) is 8.53. The van der Waals surface area contributed by atoms with Gasteiger partial charge in [-0.2, -0.15) is 0 Å². The van der Waals surface area contributed by atoms with E-state index in [-0.39, 0.29) is 17.2 Å². The first-order valence-corrected chi connectivity index (χ1v) is 4.56. The van der Waals surface area contributed by atoms with Gasteiger partial charge in [-0.3, -0.25) is 0 Å². The summed E-state index contributed by atoms with van der Waals surface area (Å²) in [7, 11) is 1.25. The maximum Gasteiger partial charge on any atom is 0.358 e. The van der Waals surface area contributed by atoms with Crippen LogP contribution in [-0.4, -0.2) is 18.1 Å². The Labute approximate surface area is 90.8 Å². The van der Waals surface area contributed by atoms with E-state index in [4.69, 9.17) is 5.73 Å². The summed E-state index contributed by atoms with van der Waals surface area (Å²) in [6.07, 6.45) is 0. The van der Waals surface area contributed by atoms with Gasteiger partial charge in [0.2, 0.25) is 0 Å². The highest BCUT2D eigenvalue weighted by Crippen LogP contribution is 2.20. The molecule has 0 saturated heterocycles. The molecule has 2 aromatic rings. The first-order chi connectivity index (χ1) is 7.61. The van der Waals surface area contributed by atoms with Crippen molar-refractivity contribution in [1.82, 2.24) is 4.98 Å². The molecule has 0 spiro atoms. The first kappa shape index (κ1) is 10.4. The minimum Gasteiger partial charge on any atom is -0.464 e. The number of anilines is 1. The Morgan fingerprint density at radius 2 is 2.19 bits per heavy atom. The zero-order chi connectivity index (χ0) is 11.7. The molecule has 2 N–H and O–H groups in total. The fourth-order valence-corrected chi connectivity index (χ4v) is 1.42. The van der Waals surface area contributed by atoms with Crippen LogP contribution in [0.15, 0.2) is 24.3 Å². The van der Waals surface area contributed by atoms with E-state index in [0.29, 0.717) is 10.9 Å². The Balaban J connectivity index is 2.67. The molecule has 0 radical (unpaired) electrons. The van der Waals surface area contributed by atoms with E-state index < -0.39 is 5.97 Å². The van der Waals surface area contributed by atoms with Crippen molar-refractivity contribution in [3.05, 3.63) is 35.8 Å². The second-order valence-corrected chi connectivity index (χ2v) is 3.25. The third kappa shape index (κ3) is 1.67. The number of methoxy groups -OCH3 is 1. The molecule has 2 rings (SSSR count). The molecule has 0 amide bonds. The van der Waals surface area contributed by atoms with Crippen molar-refractivity contribution in [2.75, 3.05) is 12.8 Å². The molecule has 82 valence electrons. The molecule has 1 heterocycles. The SMILES string of the molecule is COC(=O)c1nc2ccc(F)cc2cc1N. The van der Waals surface area contributed by atoms with Gasteiger partial charge in [-0.25, -0.2) is 14.2 Å². The van der Waals surface area contributed by atoms with Gasteiger partial charge in [0, 0.05) is 5.39 Å². The molecule has 4 nitrogen and oxygen atoms in total. The highest BCUT2D eigenvalue weighted by Gasteiger charge is 2.13. The summed E-state index contributed by atoms with van der Waals surface area (Å²) in [5, 5.41) is 0.546. The lowest BCUT2D eigenvalue weighted by Crippen LogP contribution is -2.08.